The summed E-state index contributed by atoms with van der Waals surface area (Å²) in [5.41, 5.74) is 2.40. The number of nitrogens with zero attached hydrogens (tertiary/aromatic N) is 1. The van der Waals surface area contributed by atoms with E-state index in [1.54, 1.807) is 32.4 Å². The largest absolute Gasteiger partial charge is 0.497 e. The number of benzene rings is 2. The van der Waals surface area contributed by atoms with Gasteiger partial charge in [0.2, 0.25) is 0 Å². The lowest BCUT2D eigenvalue weighted by Crippen LogP contribution is -2.21. The molecule has 5 heteroatoms. The third-order valence-electron chi connectivity index (χ3n) is 4.21. The normalized spacial score (nSPS) is 13.7. The summed E-state index contributed by atoms with van der Waals surface area (Å²) in [6.45, 7) is 2.06. The van der Waals surface area contributed by atoms with Crippen LogP contribution in [0.5, 0.6) is 11.5 Å². The van der Waals surface area contributed by atoms with Crippen LogP contribution in [0.3, 0.4) is 0 Å². The Hall–Kier alpha value is -2.69. The summed E-state index contributed by atoms with van der Waals surface area (Å²) >= 11 is 0. The standard InChI is InChI=1S/C19H22N2O3/c1-23-15-11-14(12-16(13-15)24-2)19(22)20-17-7-3-4-8-18(17)21-9-5-6-10-21/h3-4,7-8,11-13H,5-6,9-10H2,1-2H3,(H,20,22). The Morgan fingerprint density at radius 3 is 2.25 bits per heavy atom. The van der Waals surface area contributed by atoms with Crippen LogP contribution in [0.4, 0.5) is 11.4 Å². The smallest absolute Gasteiger partial charge is 0.255 e. The summed E-state index contributed by atoms with van der Waals surface area (Å²) in [5.74, 6) is 0.999. The van der Waals surface area contributed by atoms with Crippen LogP contribution in [0.15, 0.2) is 42.5 Å². The van der Waals surface area contributed by atoms with Gasteiger partial charge in [0.05, 0.1) is 25.6 Å². The monoisotopic (exact) mass is 326 g/mol. The van der Waals surface area contributed by atoms with E-state index in [1.165, 1.54) is 12.8 Å². The molecule has 126 valence electrons. The second-order valence-corrected chi connectivity index (χ2v) is 5.77. The van der Waals surface area contributed by atoms with Crippen molar-refractivity contribution < 1.29 is 14.3 Å². The van der Waals surface area contributed by atoms with Crippen LogP contribution in [0, 0.1) is 0 Å². The minimum atomic E-state index is -0.182. The Morgan fingerprint density at radius 2 is 1.62 bits per heavy atom. The Kier molecular flexibility index (Phi) is 4.89. The Balaban J connectivity index is 1.85. The van der Waals surface area contributed by atoms with E-state index in [2.05, 4.69) is 10.2 Å². The van der Waals surface area contributed by atoms with E-state index in [4.69, 9.17) is 9.47 Å². The number of carbonyl (C=O) groups excluding carboxylic acids is 1. The zero-order valence-electron chi connectivity index (χ0n) is 14.0. The van der Waals surface area contributed by atoms with E-state index in [1.807, 2.05) is 24.3 Å². The fourth-order valence-corrected chi connectivity index (χ4v) is 2.95. The Bertz CT molecular complexity index is 702. The highest BCUT2D eigenvalue weighted by molar-refractivity contribution is 6.06. The molecule has 2 aromatic rings. The predicted molar refractivity (Wildman–Crippen MR) is 95.4 cm³/mol. The summed E-state index contributed by atoms with van der Waals surface area (Å²) < 4.78 is 10.5. The van der Waals surface area contributed by atoms with Gasteiger partial charge in [-0.25, -0.2) is 0 Å². The third kappa shape index (κ3) is 3.45. The van der Waals surface area contributed by atoms with Gasteiger partial charge >= 0.3 is 0 Å². The van der Waals surface area contributed by atoms with Gasteiger partial charge in [-0.15, -0.1) is 0 Å². The maximum Gasteiger partial charge on any atom is 0.255 e. The van der Waals surface area contributed by atoms with E-state index in [0.29, 0.717) is 17.1 Å². The maximum atomic E-state index is 12.7. The molecule has 1 aliphatic heterocycles. The third-order valence-corrected chi connectivity index (χ3v) is 4.21. The van der Waals surface area contributed by atoms with Gasteiger partial charge in [-0.05, 0) is 37.1 Å². The quantitative estimate of drug-likeness (QED) is 0.913. The highest BCUT2D eigenvalue weighted by Crippen LogP contribution is 2.30. The van der Waals surface area contributed by atoms with Gasteiger partial charge in [-0.3, -0.25) is 4.79 Å². The molecule has 1 aliphatic rings. The van der Waals surface area contributed by atoms with Gasteiger partial charge in [0, 0.05) is 24.7 Å². The lowest BCUT2D eigenvalue weighted by Gasteiger charge is -2.21. The van der Waals surface area contributed by atoms with Gasteiger partial charge in [0.1, 0.15) is 11.5 Å². The molecule has 2 aromatic carbocycles. The number of hydrogen-bond donors (Lipinski definition) is 1. The summed E-state index contributed by atoms with van der Waals surface area (Å²) in [6, 6.07) is 13.1. The summed E-state index contributed by atoms with van der Waals surface area (Å²) in [4.78, 5) is 15.0. The lowest BCUT2D eigenvalue weighted by atomic mass is 10.1. The number of amides is 1. The highest BCUT2D eigenvalue weighted by Gasteiger charge is 2.17. The number of ether oxygens (including phenoxy) is 2. The fraction of sp³-hybridized carbons (Fsp3) is 0.316. The second-order valence-electron chi connectivity index (χ2n) is 5.77. The van der Waals surface area contributed by atoms with Crippen molar-refractivity contribution in [1.82, 2.24) is 0 Å². The van der Waals surface area contributed by atoms with Crippen LogP contribution in [-0.2, 0) is 0 Å². The van der Waals surface area contributed by atoms with Crippen molar-refractivity contribution in [2.24, 2.45) is 0 Å². The molecule has 0 spiro atoms. The molecule has 5 nitrogen and oxygen atoms in total. The molecule has 0 radical (unpaired) electrons. The molecule has 0 aliphatic carbocycles. The van der Waals surface area contributed by atoms with Crippen molar-refractivity contribution in [2.45, 2.75) is 12.8 Å². The molecule has 1 heterocycles. The van der Waals surface area contributed by atoms with Crippen molar-refractivity contribution in [1.29, 1.82) is 0 Å². The molecule has 1 fully saturated rings. The molecular formula is C19H22N2O3. The van der Waals surface area contributed by atoms with Crippen molar-refractivity contribution in [3.8, 4) is 11.5 Å². The molecule has 1 N–H and O–H groups in total. The van der Waals surface area contributed by atoms with Crippen molar-refractivity contribution >= 4 is 17.3 Å². The summed E-state index contributed by atoms with van der Waals surface area (Å²) in [5, 5.41) is 3.01. The van der Waals surface area contributed by atoms with Gasteiger partial charge < -0.3 is 19.7 Å². The molecule has 1 amide bonds. The summed E-state index contributed by atoms with van der Waals surface area (Å²) in [7, 11) is 3.14. The highest BCUT2D eigenvalue weighted by atomic mass is 16.5. The predicted octanol–water partition coefficient (Wildman–Crippen LogP) is 3.56. The molecule has 1 saturated heterocycles. The molecular weight excluding hydrogens is 304 g/mol. The first-order chi connectivity index (χ1) is 11.7. The topological polar surface area (TPSA) is 50.8 Å². The minimum absolute atomic E-state index is 0.182. The first-order valence-corrected chi connectivity index (χ1v) is 8.09. The molecule has 0 saturated carbocycles. The first-order valence-electron chi connectivity index (χ1n) is 8.09. The SMILES string of the molecule is COc1cc(OC)cc(C(=O)Nc2ccccc2N2CCCC2)c1. The van der Waals surface area contributed by atoms with Gasteiger partial charge in [-0.1, -0.05) is 12.1 Å². The number of carbonyl (C=O) groups is 1. The number of rotatable bonds is 5. The fourth-order valence-electron chi connectivity index (χ4n) is 2.95. The van der Waals surface area contributed by atoms with E-state index in [0.717, 1.165) is 24.5 Å². The molecule has 0 unspecified atom stereocenters. The van der Waals surface area contributed by atoms with Crippen molar-refractivity contribution in [2.75, 3.05) is 37.5 Å². The molecule has 0 aromatic heterocycles. The van der Waals surface area contributed by atoms with E-state index in [9.17, 15) is 4.79 Å². The first kappa shape index (κ1) is 16.2. The van der Waals surface area contributed by atoms with E-state index < -0.39 is 0 Å². The molecule has 0 bridgehead atoms. The zero-order chi connectivity index (χ0) is 16.9. The van der Waals surface area contributed by atoms with Crippen molar-refractivity contribution in [3.05, 3.63) is 48.0 Å². The number of para-hydroxylation sites is 2. The van der Waals surface area contributed by atoms with Crippen LogP contribution >= 0.6 is 0 Å². The van der Waals surface area contributed by atoms with Crippen LogP contribution in [0.25, 0.3) is 0 Å². The average Bonchev–Trinajstić information content (AvgIpc) is 3.16. The lowest BCUT2D eigenvalue weighted by molar-refractivity contribution is 0.102. The Labute approximate surface area is 142 Å². The molecule has 0 atom stereocenters. The van der Waals surface area contributed by atoms with Crippen molar-refractivity contribution in [3.63, 3.8) is 0 Å². The van der Waals surface area contributed by atoms with Crippen LogP contribution in [0.2, 0.25) is 0 Å². The van der Waals surface area contributed by atoms with Gasteiger partial charge in [0.25, 0.3) is 5.91 Å². The Morgan fingerprint density at radius 1 is 1.00 bits per heavy atom. The zero-order valence-corrected chi connectivity index (χ0v) is 14.0. The average molecular weight is 326 g/mol. The summed E-state index contributed by atoms with van der Waals surface area (Å²) in [6.07, 6.45) is 2.38. The second kappa shape index (κ2) is 7.25. The van der Waals surface area contributed by atoms with E-state index in [-0.39, 0.29) is 5.91 Å². The number of anilines is 2. The number of methoxy groups -OCH3 is 2. The maximum absolute atomic E-state index is 12.7. The van der Waals surface area contributed by atoms with Crippen LogP contribution in [0.1, 0.15) is 23.2 Å². The van der Waals surface area contributed by atoms with Crippen LogP contribution in [-0.4, -0.2) is 33.2 Å². The van der Waals surface area contributed by atoms with E-state index >= 15 is 0 Å². The van der Waals surface area contributed by atoms with Gasteiger partial charge in [-0.2, -0.15) is 0 Å². The molecule has 3 rings (SSSR count). The van der Waals surface area contributed by atoms with Gasteiger partial charge in [0.15, 0.2) is 0 Å². The van der Waals surface area contributed by atoms with Crippen LogP contribution < -0.4 is 19.7 Å². The number of nitrogens with one attached hydrogen (secondary N) is 1. The molecule has 24 heavy (non-hydrogen) atoms. The number of hydrogen-bond acceptors (Lipinski definition) is 4. The minimum Gasteiger partial charge on any atom is -0.497 e.